The quantitative estimate of drug-likeness (QED) is 0.255. The van der Waals surface area contributed by atoms with E-state index in [4.69, 9.17) is 4.74 Å². The lowest BCUT2D eigenvalue weighted by Gasteiger charge is -2.32. The van der Waals surface area contributed by atoms with E-state index in [1.807, 2.05) is 36.1 Å². The summed E-state index contributed by atoms with van der Waals surface area (Å²) in [6.45, 7) is 4.74. The molecule has 1 N–H and O–H groups in total. The highest BCUT2D eigenvalue weighted by molar-refractivity contribution is 5.97. The van der Waals surface area contributed by atoms with Crippen LogP contribution in [-0.2, 0) is 16.0 Å². The van der Waals surface area contributed by atoms with Gasteiger partial charge in [0, 0.05) is 36.0 Å². The zero-order valence-corrected chi connectivity index (χ0v) is 22.2. The number of likely N-dealkylation sites (tertiary alicyclic amines) is 1. The van der Waals surface area contributed by atoms with Gasteiger partial charge in [0.25, 0.3) is 11.6 Å². The van der Waals surface area contributed by atoms with Gasteiger partial charge in [0.1, 0.15) is 0 Å². The van der Waals surface area contributed by atoms with Gasteiger partial charge < -0.3 is 15.0 Å². The second-order valence-corrected chi connectivity index (χ2v) is 9.81. The molecule has 1 saturated heterocycles. The van der Waals surface area contributed by atoms with Crippen LogP contribution in [0.4, 0.5) is 11.4 Å². The highest BCUT2D eigenvalue weighted by Crippen LogP contribution is 2.30. The van der Waals surface area contributed by atoms with E-state index in [1.165, 1.54) is 13.2 Å². The fourth-order valence-corrected chi connectivity index (χ4v) is 4.93. The Labute approximate surface area is 226 Å². The minimum atomic E-state index is -0.444. The van der Waals surface area contributed by atoms with Crippen molar-refractivity contribution in [3.05, 3.63) is 104 Å². The minimum absolute atomic E-state index is 0.00371. The summed E-state index contributed by atoms with van der Waals surface area (Å²) < 4.78 is 4.75. The van der Waals surface area contributed by atoms with Gasteiger partial charge in [0.15, 0.2) is 0 Å². The molecule has 2 amide bonds. The molecule has 0 radical (unpaired) electrons. The lowest BCUT2D eigenvalue weighted by Crippen LogP contribution is -2.38. The van der Waals surface area contributed by atoms with E-state index in [2.05, 4.69) is 5.32 Å². The molecule has 1 aliphatic rings. The SMILES string of the molecule is COC(=O)c1ccc(C(=O)N2CCC(c3ccc(NC(=O)Cc4ccc(C)c([N+](=O)[O-])c4)cc3)CC2)c(C)c1. The monoisotopic (exact) mass is 529 g/mol. The van der Waals surface area contributed by atoms with Crippen LogP contribution in [-0.4, -0.2) is 47.8 Å². The Morgan fingerprint density at radius 3 is 2.28 bits per heavy atom. The number of hydrogen-bond acceptors (Lipinski definition) is 6. The zero-order chi connectivity index (χ0) is 28.1. The fraction of sp³-hybridized carbons (Fsp3) is 0.300. The van der Waals surface area contributed by atoms with Crippen molar-refractivity contribution in [3.8, 4) is 0 Å². The number of esters is 1. The number of nitro benzene ring substituents is 1. The molecule has 4 rings (SSSR count). The molecule has 0 bridgehead atoms. The second kappa shape index (κ2) is 11.9. The van der Waals surface area contributed by atoms with Crippen molar-refractivity contribution < 1.29 is 24.0 Å². The number of ether oxygens (including phenoxy) is 1. The summed E-state index contributed by atoms with van der Waals surface area (Å²) in [7, 11) is 1.33. The number of hydrogen-bond donors (Lipinski definition) is 1. The molecule has 0 aliphatic carbocycles. The summed E-state index contributed by atoms with van der Waals surface area (Å²) in [5.74, 6) is -0.419. The van der Waals surface area contributed by atoms with E-state index in [9.17, 15) is 24.5 Å². The zero-order valence-electron chi connectivity index (χ0n) is 22.2. The molecule has 39 heavy (non-hydrogen) atoms. The Hall–Kier alpha value is -4.53. The summed E-state index contributed by atoms with van der Waals surface area (Å²) in [5, 5.41) is 14.0. The van der Waals surface area contributed by atoms with E-state index in [0.29, 0.717) is 46.9 Å². The maximum atomic E-state index is 13.1. The number of anilines is 1. The number of rotatable bonds is 7. The van der Waals surface area contributed by atoms with E-state index in [0.717, 1.165) is 24.0 Å². The maximum absolute atomic E-state index is 13.1. The topological polar surface area (TPSA) is 119 Å². The Balaban J connectivity index is 1.31. The van der Waals surface area contributed by atoms with Crippen molar-refractivity contribution in [1.82, 2.24) is 4.90 Å². The molecular weight excluding hydrogens is 498 g/mol. The van der Waals surface area contributed by atoms with E-state index in [1.54, 1.807) is 37.3 Å². The largest absolute Gasteiger partial charge is 0.465 e. The number of benzene rings is 3. The second-order valence-electron chi connectivity index (χ2n) is 9.81. The van der Waals surface area contributed by atoms with Gasteiger partial charge >= 0.3 is 5.97 Å². The highest BCUT2D eigenvalue weighted by Gasteiger charge is 2.26. The summed E-state index contributed by atoms with van der Waals surface area (Å²) in [6, 6.07) is 17.5. The molecule has 0 atom stereocenters. The highest BCUT2D eigenvalue weighted by atomic mass is 16.6. The van der Waals surface area contributed by atoms with Gasteiger partial charge in [0.2, 0.25) is 5.91 Å². The van der Waals surface area contributed by atoms with Crippen LogP contribution in [0.1, 0.15) is 61.7 Å². The van der Waals surface area contributed by atoms with Crippen LogP contribution < -0.4 is 5.32 Å². The van der Waals surface area contributed by atoms with Crippen molar-refractivity contribution in [2.75, 3.05) is 25.5 Å². The molecule has 0 aromatic heterocycles. The van der Waals surface area contributed by atoms with E-state index < -0.39 is 10.9 Å². The molecule has 1 aliphatic heterocycles. The first-order chi connectivity index (χ1) is 18.7. The third-order valence-electron chi connectivity index (χ3n) is 7.16. The first-order valence-electron chi connectivity index (χ1n) is 12.8. The average Bonchev–Trinajstić information content (AvgIpc) is 2.93. The van der Waals surface area contributed by atoms with Gasteiger partial charge in [-0.1, -0.05) is 24.3 Å². The molecule has 3 aromatic carbocycles. The number of carbonyl (C=O) groups excluding carboxylic acids is 3. The number of nitrogens with one attached hydrogen (secondary N) is 1. The molecule has 202 valence electrons. The Morgan fingerprint density at radius 2 is 1.67 bits per heavy atom. The normalized spacial score (nSPS) is 13.6. The number of aryl methyl sites for hydroxylation is 2. The summed E-state index contributed by atoms with van der Waals surface area (Å²) in [6.07, 6.45) is 1.69. The lowest BCUT2D eigenvalue weighted by molar-refractivity contribution is -0.385. The summed E-state index contributed by atoms with van der Waals surface area (Å²) >= 11 is 0. The smallest absolute Gasteiger partial charge is 0.337 e. The van der Waals surface area contributed by atoms with Crippen molar-refractivity contribution in [1.29, 1.82) is 0 Å². The van der Waals surface area contributed by atoms with Gasteiger partial charge in [-0.2, -0.15) is 0 Å². The van der Waals surface area contributed by atoms with Crippen molar-refractivity contribution in [3.63, 3.8) is 0 Å². The van der Waals surface area contributed by atoms with Crippen LogP contribution in [0.15, 0.2) is 60.7 Å². The minimum Gasteiger partial charge on any atom is -0.465 e. The predicted molar refractivity (Wildman–Crippen MR) is 147 cm³/mol. The molecule has 0 spiro atoms. The molecule has 0 unspecified atom stereocenters. The van der Waals surface area contributed by atoms with Crippen molar-refractivity contribution in [2.24, 2.45) is 0 Å². The molecule has 1 heterocycles. The number of nitrogens with zero attached hydrogens (tertiary/aromatic N) is 2. The number of nitro groups is 1. The van der Waals surface area contributed by atoms with E-state index in [-0.39, 0.29) is 23.9 Å². The van der Waals surface area contributed by atoms with Gasteiger partial charge in [-0.05, 0) is 79.6 Å². The first kappa shape index (κ1) is 27.5. The number of piperidine rings is 1. The van der Waals surface area contributed by atoms with Crippen LogP contribution in [0, 0.1) is 24.0 Å². The van der Waals surface area contributed by atoms with Crippen LogP contribution in [0.5, 0.6) is 0 Å². The maximum Gasteiger partial charge on any atom is 0.337 e. The van der Waals surface area contributed by atoms with Crippen molar-refractivity contribution in [2.45, 2.75) is 39.0 Å². The van der Waals surface area contributed by atoms with Crippen LogP contribution in [0.25, 0.3) is 0 Å². The average molecular weight is 530 g/mol. The number of methoxy groups -OCH3 is 1. The van der Waals surface area contributed by atoms with Crippen LogP contribution >= 0.6 is 0 Å². The molecule has 9 heteroatoms. The van der Waals surface area contributed by atoms with Gasteiger partial charge in [-0.15, -0.1) is 0 Å². The predicted octanol–water partition coefficient (Wildman–Crippen LogP) is 5.20. The summed E-state index contributed by atoms with van der Waals surface area (Å²) in [5.41, 5.74) is 4.69. The standard InChI is InChI=1S/C30H31N3O6/c1-19-4-5-21(17-27(19)33(37)38)18-28(34)31-25-9-6-22(7-10-25)23-12-14-32(15-13-23)29(35)26-11-8-24(16-20(26)2)30(36)39-3/h4-11,16-17,23H,12-15,18H2,1-3H3,(H,31,34). The third kappa shape index (κ3) is 6.49. The van der Waals surface area contributed by atoms with Crippen molar-refractivity contribution >= 4 is 29.2 Å². The van der Waals surface area contributed by atoms with Gasteiger partial charge in [0.05, 0.1) is 24.0 Å². The third-order valence-corrected chi connectivity index (χ3v) is 7.16. The molecule has 1 fully saturated rings. The number of carbonyl (C=O) groups is 3. The van der Waals surface area contributed by atoms with Crippen LogP contribution in [0.2, 0.25) is 0 Å². The first-order valence-corrected chi connectivity index (χ1v) is 12.8. The molecule has 3 aromatic rings. The molecular formula is C30H31N3O6. The fourth-order valence-electron chi connectivity index (χ4n) is 4.93. The summed E-state index contributed by atoms with van der Waals surface area (Å²) in [4.78, 5) is 49.9. The van der Waals surface area contributed by atoms with Gasteiger partial charge in [-0.25, -0.2) is 4.79 Å². The molecule has 9 nitrogen and oxygen atoms in total. The Bertz CT molecular complexity index is 1410. The molecule has 0 saturated carbocycles. The van der Waals surface area contributed by atoms with Gasteiger partial charge in [-0.3, -0.25) is 19.7 Å². The van der Waals surface area contributed by atoms with Crippen LogP contribution in [0.3, 0.4) is 0 Å². The Morgan fingerprint density at radius 1 is 0.974 bits per heavy atom. The number of amides is 2. The van der Waals surface area contributed by atoms with E-state index >= 15 is 0 Å². The lowest BCUT2D eigenvalue weighted by atomic mass is 9.89. The Kier molecular flexibility index (Phi) is 8.39.